The Morgan fingerprint density at radius 2 is 1.86 bits per heavy atom. The maximum atomic E-state index is 12.8. The van der Waals surface area contributed by atoms with Crippen LogP contribution in [0.15, 0.2) is 60.7 Å². The number of hydrogen-bond donors (Lipinski definition) is 1. The molecule has 5 heteroatoms. The third-order valence-electron chi connectivity index (χ3n) is 5.34. The lowest BCUT2D eigenvalue weighted by atomic mass is 10.1. The summed E-state index contributed by atoms with van der Waals surface area (Å²) in [6, 6.07) is 19.9. The first-order valence-corrected chi connectivity index (χ1v) is 9.53. The second kappa shape index (κ2) is 7.90. The summed E-state index contributed by atoms with van der Waals surface area (Å²) in [6.45, 7) is 2.80. The molecule has 1 amide bonds. The number of hydrogen-bond acceptors (Lipinski definition) is 3. The number of fused-ring (bicyclic) bond motifs is 1. The standard InChI is InChI=1S/C23H25N3O2/c1-25-21-12-13-26(15-17-6-4-3-5-7-17)16-18(21)14-22(25)23(27)24-19-8-10-20(28-2)11-9-19/h3-11,14H,12-13,15-16H2,1-2H3,(H,24,27). The van der Waals surface area contributed by atoms with Crippen molar-refractivity contribution in [2.75, 3.05) is 19.0 Å². The highest BCUT2D eigenvalue weighted by Crippen LogP contribution is 2.25. The first-order chi connectivity index (χ1) is 13.6. The Balaban J connectivity index is 1.47. The topological polar surface area (TPSA) is 46.5 Å². The number of ether oxygens (including phenoxy) is 1. The highest BCUT2D eigenvalue weighted by molar-refractivity contribution is 6.03. The fraction of sp³-hybridized carbons (Fsp3) is 0.261. The quantitative estimate of drug-likeness (QED) is 0.737. The highest BCUT2D eigenvalue weighted by Gasteiger charge is 2.23. The van der Waals surface area contributed by atoms with E-state index in [9.17, 15) is 4.79 Å². The molecule has 1 aliphatic heterocycles. The lowest BCUT2D eigenvalue weighted by molar-refractivity contribution is 0.101. The van der Waals surface area contributed by atoms with Gasteiger partial charge in [-0.05, 0) is 41.5 Å². The second-order valence-corrected chi connectivity index (χ2v) is 7.19. The van der Waals surface area contributed by atoms with Gasteiger partial charge < -0.3 is 14.6 Å². The largest absolute Gasteiger partial charge is 0.497 e. The molecule has 1 aromatic heterocycles. The molecule has 1 N–H and O–H groups in total. The zero-order valence-corrected chi connectivity index (χ0v) is 16.3. The third-order valence-corrected chi connectivity index (χ3v) is 5.34. The van der Waals surface area contributed by atoms with Crippen LogP contribution in [0, 0.1) is 0 Å². The van der Waals surface area contributed by atoms with Gasteiger partial charge in [-0.2, -0.15) is 0 Å². The molecule has 0 saturated carbocycles. The molecule has 5 nitrogen and oxygen atoms in total. The molecule has 0 fully saturated rings. The number of nitrogens with zero attached hydrogens (tertiary/aromatic N) is 2. The van der Waals surface area contributed by atoms with E-state index in [0.717, 1.165) is 37.5 Å². The van der Waals surface area contributed by atoms with Crippen molar-refractivity contribution in [3.63, 3.8) is 0 Å². The molecule has 1 aliphatic rings. The summed E-state index contributed by atoms with van der Waals surface area (Å²) in [7, 11) is 3.61. The molecule has 0 spiro atoms. The van der Waals surface area contributed by atoms with Crippen LogP contribution in [0.2, 0.25) is 0 Å². The molecule has 0 aliphatic carbocycles. The van der Waals surface area contributed by atoms with Gasteiger partial charge >= 0.3 is 0 Å². The summed E-state index contributed by atoms with van der Waals surface area (Å²) in [5.74, 6) is 0.683. The van der Waals surface area contributed by atoms with E-state index >= 15 is 0 Å². The van der Waals surface area contributed by atoms with E-state index in [0.29, 0.717) is 5.69 Å². The minimum Gasteiger partial charge on any atom is -0.497 e. The average Bonchev–Trinajstić information content (AvgIpc) is 3.05. The Hall–Kier alpha value is -3.05. The van der Waals surface area contributed by atoms with Gasteiger partial charge in [0.2, 0.25) is 0 Å². The van der Waals surface area contributed by atoms with Crippen molar-refractivity contribution in [3.8, 4) is 5.75 Å². The van der Waals surface area contributed by atoms with Crippen molar-refractivity contribution >= 4 is 11.6 Å². The van der Waals surface area contributed by atoms with E-state index in [-0.39, 0.29) is 5.91 Å². The Morgan fingerprint density at radius 3 is 2.57 bits per heavy atom. The number of nitrogens with one attached hydrogen (secondary N) is 1. The molecule has 0 unspecified atom stereocenters. The van der Waals surface area contributed by atoms with Gasteiger partial charge in [-0.1, -0.05) is 30.3 Å². The highest BCUT2D eigenvalue weighted by atomic mass is 16.5. The van der Waals surface area contributed by atoms with Crippen molar-refractivity contribution in [1.29, 1.82) is 0 Å². The molecule has 2 aromatic carbocycles. The van der Waals surface area contributed by atoms with Crippen molar-refractivity contribution in [3.05, 3.63) is 83.2 Å². The van der Waals surface area contributed by atoms with Crippen molar-refractivity contribution < 1.29 is 9.53 Å². The molecule has 0 saturated heterocycles. The first kappa shape index (κ1) is 18.3. The minimum atomic E-state index is -0.0864. The molecule has 28 heavy (non-hydrogen) atoms. The number of aromatic nitrogens is 1. The zero-order chi connectivity index (χ0) is 19.5. The van der Waals surface area contributed by atoms with Gasteiger partial charge in [0.1, 0.15) is 11.4 Å². The zero-order valence-electron chi connectivity index (χ0n) is 16.3. The van der Waals surface area contributed by atoms with E-state index in [1.165, 1.54) is 16.8 Å². The number of anilines is 1. The Labute approximate surface area is 165 Å². The Bertz CT molecular complexity index is 962. The van der Waals surface area contributed by atoms with E-state index in [2.05, 4.69) is 34.5 Å². The number of rotatable bonds is 5. The molecule has 0 atom stereocenters. The number of benzene rings is 2. The molecule has 2 heterocycles. The fourth-order valence-corrected chi connectivity index (χ4v) is 3.82. The van der Waals surface area contributed by atoms with Crippen LogP contribution < -0.4 is 10.1 Å². The molecular weight excluding hydrogens is 350 g/mol. The van der Waals surface area contributed by atoms with Gasteiger partial charge in [0.05, 0.1) is 7.11 Å². The van der Waals surface area contributed by atoms with Gasteiger partial charge in [-0.15, -0.1) is 0 Å². The first-order valence-electron chi connectivity index (χ1n) is 9.53. The lowest BCUT2D eigenvalue weighted by Gasteiger charge is -2.27. The summed E-state index contributed by atoms with van der Waals surface area (Å²) in [4.78, 5) is 15.2. The number of carbonyl (C=O) groups is 1. The van der Waals surface area contributed by atoms with Crippen LogP contribution in [0.5, 0.6) is 5.75 Å². The smallest absolute Gasteiger partial charge is 0.272 e. The third kappa shape index (κ3) is 3.80. The summed E-state index contributed by atoms with van der Waals surface area (Å²) in [5, 5.41) is 2.98. The predicted octanol–water partition coefficient (Wildman–Crippen LogP) is 3.84. The van der Waals surface area contributed by atoms with Gasteiger partial charge in [-0.25, -0.2) is 0 Å². The molecule has 3 aromatic rings. The minimum absolute atomic E-state index is 0.0864. The van der Waals surface area contributed by atoms with Gasteiger partial charge in [0.15, 0.2) is 0 Å². The van der Waals surface area contributed by atoms with E-state index in [1.807, 2.05) is 48.0 Å². The Kier molecular flexibility index (Phi) is 5.17. The van der Waals surface area contributed by atoms with Crippen molar-refractivity contribution in [2.24, 2.45) is 7.05 Å². The van der Waals surface area contributed by atoms with Crippen LogP contribution in [0.25, 0.3) is 0 Å². The van der Waals surface area contributed by atoms with Crippen molar-refractivity contribution in [1.82, 2.24) is 9.47 Å². The maximum absolute atomic E-state index is 12.8. The van der Waals surface area contributed by atoms with E-state index < -0.39 is 0 Å². The Morgan fingerprint density at radius 1 is 1.11 bits per heavy atom. The van der Waals surface area contributed by atoms with Crippen LogP contribution in [0.3, 0.4) is 0 Å². The summed E-state index contributed by atoms with van der Waals surface area (Å²) >= 11 is 0. The van der Waals surface area contributed by atoms with Gasteiger partial charge in [0, 0.05) is 44.5 Å². The monoisotopic (exact) mass is 375 g/mol. The molecular formula is C23H25N3O2. The lowest BCUT2D eigenvalue weighted by Crippen LogP contribution is -2.30. The summed E-state index contributed by atoms with van der Waals surface area (Å²) < 4.78 is 7.20. The normalized spacial score (nSPS) is 13.8. The molecule has 0 radical (unpaired) electrons. The number of methoxy groups -OCH3 is 1. The van der Waals surface area contributed by atoms with Crippen LogP contribution >= 0.6 is 0 Å². The molecule has 144 valence electrons. The predicted molar refractivity (Wildman–Crippen MR) is 111 cm³/mol. The number of amides is 1. The maximum Gasteiger partial charge on any atom is 0.272 e. The molecule has 0 bridgehead atoms. The van der Waals surface area contributed by atoms with Crippen LogP contribution in [0.4, 0.5) is 5.69 Å². The fourth-order valence-electron chi connectivity index (χ4n) is 3.82. The average molecular weight is 375 g/mol. The second-order valence-electron chi connectivity index (χ2n) is 7.19. The van der Waals surface area contributed by atoms with Crippen LogP contribution in [-0.4, -0.2) is 29.0 Å². The summed E-state index contributed by atoms with van der Waals surface area (Å²) in [5.41, 5.74) is 5.27. The van der Waals surface area contributed by atoms with Crippen LogP contribution in [-0.2, 0) is 26.6 Å². The van der Waals surface area contributed by atoms with Crippen LogP contribution in [0.1, 0.15) is 27.3 Å². The van der Waals surface area contributed by atoms with Gasteiger partial charge in [-0.3, -0.25) is 9.69 Å². The van der Waals surface area contributed by atoms with E-state index in [4.69, 9.17) is 4.74 Å². The van der Waals surface area contributed by atoms with E-state index in [1.54, 1.807) is 7.11 Å². The number of carbonyl (C=O) groups excluding carboxylic acids is 1. The van der Waals surface area contributed by atoms with Crippen molar-refractivity contribution in [2.45, 2.75) is 19.5 Å². The SMILES string of the molecule is COc1ccc(NC(=O)c2cc3c(n2C)CCN(Cc2ccccc2)C3)cc1. The molecule has 4 rings (SSSR count). The van der Waals surface area contributed by atoms with Gasteiger partial charge in [0.25, 0.3) is 5.91 Å². The summed E-state index contributed by atoms with van der Waals surface area (Å²) in [6.07, 6.45) is 0.953.